The molecule has 2 aromatic rings. The average molecular weight is 258 g/mol. The second kappa shape index (κ2) is 5.81. The van der Waals surface area contributed by atoms with Gasteiger partial charge >= 0.3 is 0 Å². The largest absolute Gasteiger partial charge is 0.396 e. The van der Waals surface area contributed by atoms with E-state index < -0.39 is 4.92 Å². The quantitative estimate of drug-likeness (QED) is 0.633. The molecule has 6 heteroatoms. The number of nitrogens with one attached hydrogen (secondary N) is 1. The molecule has 0 amide bonds. The van der Waals surface area contributed by atoms with Gasteiger partial charge in [0, 0.05) is 12.6 Å². The first-order chi connectivity index (χ1) is 9.16. The van der Waals surface area contributed by atoms with Crippen molar-refractivity contribution in [3.63, 3.8) is 0 Å². The van der Waals surface area contributed by atoms with Gasteiger partial charge in [-0.1, -0.05) is 30.3 Å². The van der Waals surface area contributed by atoms with Gasteiger partial charge in [0.05, 0.1) is 10.6 Å². The second-order valence-electron chi connectivity index (χ2n) is 4.05. The zero-order valence-corrected chi connectivity index (χ0v) is 10.2. The van der Waals surface area contributed by atoms with E-state index in [0.29, 0.717) is 12.4 Å². The predicted molar refractivity (Wildman–Crippen MR) is 73.9 cm³/mol. The molecule has 0 bridgehead atoms. The number of nitrogens with zero attached hydrogens (tertiary/aromatic N) is 2. The highest BCUT2D eigenvalue weighted by Crippen LogP contribution is 2.20. The third kappa shape index (κ3) is 3.41. The smallest absolute Gasteiger partial charge is 0.289 e. The summed E-state index contributed by atoms with van der Waals surface area (Å²) in [6.07, 6.45) is 2.03. The number of nitro groups is 1. The Morgan fingerprint density at radius 2 is 2.05 bits per heavy atom. The third-order valence-electron chi connectivity index (χ3n) is 2.66. The van der Waals surface area contributed by atoms with Crippen molar-refractivity contribution < 1.29 is 4.92 Å². The van der Waals surface area contributed by atoms with Crippen LogP contribution >= 0.6 is 0 Å². The summed E-state index contributed by atoms with van der Waals surface area (Å²) in [4.78, 5) is 14.0. The van der Waals surface area contributed by atoms with Gasteiger partial charge in [0.25, 0.3) is 5.69 Å². The van der Waals surface area contributed by atoms with Crippen LogP contribution in [-0.2, 0) is 6.42 Å². The highest BCUT2D eigenvalue weighted by atomic mass is 16.6. The van der Waals surface area contributed by atoms with Crippen LogP contribution in [0.1, 0.15) is 5.56 Å². The molecule has 2 rings (SSSR count). The number of aromatic nitrogens is 1. The van der Waals surface area contributed by atoms with E-state index in [-0.39, 0.29) is 11.4 Å². The molecule has 0 aliphatic carbocycles. The van der Waals surface area contributed by atoms with Crippen LogP contribution in [-0.4, -0.2) is 16.5 Å². The molecule has 0 spiro atoms. The number of rotatable bonds is 5. The van der Waals surface area contributed by atoms with E-state index in [1.807, 2.05) is 30.3 Å². The molecule has 98 valence electrons. The Morgan fingerprint density at radius 3 is 2.68 bits per heavy atom. The van der Waals surface area contributed by atoms with Gasteiger partial charge in [0.15, 0.2) is 0 Å². The minimum Gasteiger partial charge on any atom is -0.396 e. The lowest BCUT2D eigenvalue weighted by atomic mass is 10.1. The van der Waals surface area contributed by atoms with E-state index in [0.717, 1.165) is 6.42 Å². The van der Waals surface area contributed by atoms with Crippen molar-refractivity contribution in [3.8, 4) is 0 Å². The first kappa shape index (κ1) is 12.8. The van der Waals surface area contributed by atoms with Crippen LogP contribution in [0.2, 0.25) is 0 Å². The predicted octanol–water partition coefficient (Wildman–Crippen LogP) is 2.23. The minimum atomic E-state index is -0.517. The highest BCUT2D eigenvalue weighted by molar-refractivity contribution is 5.64. The number of anilines is 2. The van der Waals surface area contributed by atoms with Crippen molar-refractivity contribution >= 4 is 17.2 Å². The molecule has 1 heterocycles. The van der Waals surface area contributed by atoms with Gasteiger partial charge in [-0.3, -0.25) is 10.1 Å². The van der Waals surface area contributed by atoms with Crippen molar-refractivity contribution in [2.75, 3.05) is 17.6 Å². The highest BCUT2D eigenvalue weighted by Gasteiger charge is 2.09. The lowest BCUT2D eigenvalue weighted by molar-refractivity contribution is -0.385. The molecule has 6 nitrogen and oxygen atoms in total. The van der Waals surface area contributed by atoms with Crippen LogP contribution in [0.25, 0.3) is 0 Å². The van der Waals surface area contributed by atoms with Crippen LogP contribution in [0.4, 0.5) is 17.2 Å². The van der Waals surface area contributed by atoms with Crippen molar-refractivity contribution in [1.82, 2.24) is 4.98 Å². The summed E-state index contributed by atoms with van der Waals surface area (Å²) in [6.45, 7) is 0.666. The van der Waals surface area contributed by atoms with Crippen LogP contribution < -0.4 is 11.1 Å². The molecule has 0 saturated carbocycles. The summed E-state index contributed by atoms with van der Waals surface area (Å²) < 4.78 is 0. The van der Waals surface area contributed by atoms with Crippen LogP contribution in [0.15, 0.2) is 42.6 Å². The molecule has 0 unspecified atom stereocenters. The number of pyridine rings is 1. The van der Waals surface area contributed by atoms with E-state index >= 15 is 0 Å². The van der Waals surface area contributed by atoms with Crippen molar-refractivity contribution in [2.24, 2.45) is 0 Å². The fraction of sp³-hybridized carbons (Fsp3) is 0.154. The van der Waals surface area contributed by atoms with Crippen LogP contribution in [0.5, 0.6) is 0 Å². The molecule has 1 aromatic heterocycles. The van der Waals surface area contributed by atoms with Gasteiger partial charge in [0.2, 0.25) is 0 Å². The summed E-state index contributed by atoms with van der Waals surface area (Å²) in [5.41, 5.74) is 7.09. The molecular formula is C13H14N4O2. The standard InChI is InChI=1S/C13H14N4O2/c14-12-8-11(17(18)19)9-16-13(12)15-7-6-10-4-2-1-3-5-10/h1-5,8-9H,6-7,14H2,(H,15,16). The Kier molecular flexibility index (Phi) is 3.92. The molecule has 0 aliphatic rings. The fourth-order valence-electron chi connectivity index (χ4n) is 1.69. The summed E-state index contributed by atoms with van der Waals surface area (Å²) in [6, 6.07) is 11.3. The maximum Gasteiger partial charge on any atom is 0.289 e. The summed E-state index contributed by atoms with van der Waals surface area (Å²) >= 11 is 0. The molecule has 1 aromatic carbocycles. The molecule has 0 atom stereocenters. The maximum atomic E-state index is 10.6. The van der Waals surface area contributed by atoms with E-state index in [4.69, 9.17) is 5.73 Å². The van der Waals surface area contributed by atoms with Gasteiger partial charge in [-0.25, -0.2) is 4.98 Å². The Morgan fingerprint density at radius 1 is 1.32 bits per heavy atom. The van der Waals surface area contributed by atoms with Crippen molar-refractivity contribution in [3.05, 3.63) is 58.3 Å². The van der Waals surface area contributed by atoms with E-state index in [1.54, 1.807) is 0 Å². The average Bonchev–Trinajstić information content (AvgIpc) is 2.41. The molecule has 0 fully saturated rings. The van der Waals surface area contributed by atoms with E-state index in [1.165, 1.54) is 17.8 Å². The number of nitrogen functional groups attached to an aromatic ring is 1. The molecule has 0 radical (unpaired) electrons. The van der Waals surface area contributed by atoms with Crippen molar-refractivity contribution in [1.29, 1.82) is 0 Å². The molecular weight excluding hydrogens is 244 g/mol. The topological polar surface area (TPSA) is 94.1 Å². The summed E-state index contributed by atoms with van der Waals surface area (Å²) in [5.74, 6) is 0.474. The lowest BCUT2D eigenvalue weighted by Crippen LogP contribution is -2.08. The number of hydrogen-bond donors (Lipinski definition) is 2. The van der Waals surface area contributed by atoms with Crippen molar-refractivity contribution in [2.45, 2.75) is 6.42 Å². The SMILES string of the molecule is Nc1cc([N+](=O)[O-])cnc1NCCc1ccccc1. The minimum absolute atomic E-state index is 0.105. The Labute approximate surface area is 110 Å². The van der Waals surface area contributed by atoms with Gasteiger partial charge in [-0.15, -0.1) is 0 Å². The van der Waals surface area contributed by atoms with E-state index in [2.05, 4.69) is 10.3 Å². The van der Waals surface area contributed by atoms with Gasteiger partial charge in [-0.2, -0.15) is 0 Å². The zero-order valence-electron chi connectivity index (χ0n) is 10.2. The monoisotopic (exact) mass is 258 g/mol. The van der Waals surface area contributed by atoms with Gasteiger partial charge < -0.3 is 11.1 Å². The Balaban J connectivity index is 1.95. The number of hydrogen-bond acceptors (Lipinski definition) is 5. The first-order valence-corrected chi connectivity index (χ1v) is 5.84. The first-order valence-electron chi connectivity index (χ1n) is 5.84. The Hall–Kier alpha value is -2.63. The Bertz CT molecular complexity index is 572. The maximum absolute atomic E-state index is 10.6. The summed E-state index contributed by atoms with van der Waals surface area (Å²) in [7, 11) is 0. The lowest BCUT2D eigenvalue weighted by Gasteiger charge is -2.07. The third-order valence-corrected chi connectivity index (χ3v) is 2.66. The number of nitrogens with two attached hydrogens (primary N) is 1. The normalized spacial score (nSPS) is 10.1. The van der Waals surface area contributed by atoms with Crippen LogP contribution in [0.3, 0.4) is 0 Å². The molecule has 0 aliphatic heterocycles. The summed E-state index contributed by atoms with van der Waals surface area (Å²) in [5, 5.41) is 13.6. The van der Waals surface area contributed by atoms with E-state index in [9.17, 15) is 10.1 Å². The zero-order chi connectivity index (χ0) is 13.7. The molecule has 19 heavy (non-hydrogen) atoms. The second-order valence-corrected chi connectivity index (χ2v) is 4.05. The van der Waals surface area contributed by atoms with Crippen LogP contribution in [0, 0.1) is 10.1 Å². The number of benzene rings is 1. The fourth-order valence-corrected chi connectivity index (χ4v) is 1.69. The molecule has 3 N–H and O–H groups in total. The van der Waals surface area contributed by atoms with Gasteiger partial charge in [-0.05, 0) is 12.0 Å². The molecule has 0 saturated heterocycles. The van der Waals surface area contributed by atoms with Gasteiger partial charge in [0.1, 0.15) is 12.0 Å².